The molecule has 0 saturated carbocycles. The Balaban J connectivity index is 2.41. The van der Waals surface area contributed by atoms with Gasteiger partial charge in [0, 0.05) is 5.69 Å². The molecule has 0 aliphatic heterocycles. The maximum Gasteiger partial charge on any atom is 0.341 e. The molecule has 0 amide bonds. The average molecular weight is 360 g/mol. The molecule has 0 aliphatic rings. The Morgan fingerprint density at radius 1 is 1.23 bits per heavy atom. The highest BCUT2D eigenvalue weighted by atomic mass is 19.2. The van der Waals surface area contributed by atoms with Crippen molar-refractivity contribution in [1.82, 2.24) is 0 Å². The van der Waals surface area contributed by atoms with Gasteiger partial charge < -0.3 is 20.6 Å². The number of nitrogen functional groups attached to an aromatic ring is 1. The summed E-state index contributed by atoms with van der Waals surface area (Å²) in [7, 11) is 1.35. The van der Waals surface area contributed by atoms with E-state index in [-0.39, 0.29) is 34.9 Å². The molecule has 0 spiro atoms. The number of rotatable bonds is 6. The molecule has 2 aromatic carbocycles. The van der Waals surface area contributed by atoms with Gasteiger partial charge in [-0.15, -0.1) is 0 Å². The summed E-state index contributed by atoms with van der Waals surface area (Å²) in [6, 6.07) is 6.31. The van der Waals surface area contributed by atoms with Crippen LogP contribution in [-0.4, -0.2) is 25.4 Å². The summed E-state index contributed by atoms with van der Waals surface area (Å²) in [6.45, 7) is 1.87. The first-order valence-electron chi connectivity index (χ1n) is 7.74. The number of anilines is 1. The van der Waals surface area contributed by atoms with E-state index in [1.165, 1.54) is 37.5 Å². The molecule has 26 heavy (non-hydrogen) atoms. The highest BCUT2D eigenvalue weighted by Crippen LogP contribution is 2.30. The second-order valence-electron chi connectivity index (χ2n) is 5.25. The van der Waals surface area contributed by atoms with Crippen LogP contribution in [0, 0.1) is 17.0 Å². The van der Waals surface area contributed by atoms with Crippen molar-refractivity contribution in [2.24, 2.45) is 0 Å². The third kappa shape index (κ3) is 4.05. The van der Waals surface area contributed by atoms with E-state index in [2.05, 4.69) is 0 Å². The quantitative estimate of drug-likeness (QED) is 0.466. The molecular weight excluding hydrogens is 342 g/mol. The van der Waals surface area contributed by atoms with Crippen LogP contribution < -0.4 is 10.5 Å². The first kappa shape index (κ1) is 19.1. The van der Waals surface area contributed by atoms with E-state index < -0.39 is 17.6 Å². The highest BCUT2D eigenvalue weighted by Gasteiger charge is 2.21. The van der Waals surface area contributed by atoms with E-state index in [4.69, 9.17) is 20.6 Å². The highest BCUT2D eigenvalue weighted by molar-refractivity contribution is 6.15. The fourth-order valence-electron chi connectivity index (χ4n) is 2.34. The largest absolute Gasteiger partial charge is 0.495 e. The third-order valence-corrected chi connectivity index (χ3v) is 3.54. The van der Waals surface area contributed by atoms with Crippen molar-refractivity contribution in [3.05, 3.63) is 64.7 Å². The van der Waals surface area contributed by atoms with Crippen molar-refractivity contribution in [3.8, 4) is 5.75 Å². The van der Waals surface area contributed by atoms with Gasteiger partial charge in [-0.3, -0.25) is 0 Å². The fraction of sp³-hybridized carbons (Fsp3) is 0.158. The van der Waals surface area contributed by atoms with E-state index >= 15 is 0 Å². The minimum absolute atomic E-state index is 0.0600. The van der Waals surface area contributed by atoms with Gasteiger partial charge in [-0.05, 0) is 42.8 Å². The van der Waals surface area contributed by atoms with Crippen molar-refractivity contribution in [3.63, 3.8) is 0 Å². The number of carbonyl (C=O) groups is 1. The van der Waals surface area contributed by atoms with Gasteiger partial charge in [0.25, 0.3) is 0 Å². The summed E-state index contributed by atoms with van der Waals surface area (Å²) < 4.78 is 36.5. The maximum atomic E-state index is 13.3. The third-order valence-electron chi connectivity index (χ3n) is 3.54. The number of nitrogens with two attached hydrogens (primary N) is 1. The van der Waals surface area contributed by atoms with E-state index in [1.54, 1.807) is 6.92 Å². The Labute approximate surface area is 149 Å². The van der Waals surface area contributed by atoms with Gasteiger partial charge >= 0.3 is 5.97 Å². The molecule has 0 unspecified atom stereocenters. The minimum atomic E-state index is -0.986. The molecule has 0 saturated heterocycles. The molecule has 0 radical (unpaired) electrons. The maximum absolute atomic E-state index is 13.3. The second-order valence-corrected chi connectivity index (χ2v) is 5.25. The van der Waals surface area contributed by atoms with Crippen LogP contribution in [0.4, 0.5) is 14.5 Å². The molecule has 0 fully saturated rings. The lowest BCUT2D eigenvalue weighted by Gasteiger charge is -2.14. The molecule has 7 heteroatoms. The monoisotopic (exact) mass is 360 g/mol. The molecule has 136 valence electrons. The summed E-state index contributed by atoms with van der Waals surface area (Å²) in [5.41, 5.74) is 6.83. The topological polar surface area (TPSA) is 85.4 Å². The second kappa shape index (κ2) is 8.24. The molecule has 0 heterocycles. The molecule has 0 aromatic heterocycles. The van der Waals surface area contributed by atoms with Crippen molar-refractivity contribution in [1.29, 1.82) is 5.41 Å². The Morgan fingerprint density at radius 2 is 1.96 bits per heavy atom. The number of nitrogens with one attached hydrogen (secondary N) is 1. The summed E-state index contributed by atoms with van der Waals surface area (Å²) in [5, 5.41) is 8.23. The van der Waals surface area contributed by atoms with E-state index in [1.807, 2.05) is 0 Å². The van der Waals surface area contributed by atoms with Crippen LogP contribution in [0.25, 0.3) is 6.08 Å². The number of benzene rings is 2. The standard InChI is InChI=1S/C19H18F2N2O3/c1-3-26-19(24)12-6-9-16(23)17(18(12)25-2)15(22)8-5-11-4-7-13(20)14(21)10-11/h4-10,22H,3,23H2,1-2H3/b8-5+,22-15?. The van der Waals surface area contributed by atoms with Crippen LogP contribution >= 0.6 is 0 Å². The van der Waals surface area contributed by atoms with Crippen LogP contribution in [0.1, 0.15) is 28.4 Å². The lowest BCUT2D eigenvalue weighted by Crippen LogP contribution is -2.12. The molecular formula is C19H18F2N2O3. The first-order valence-corrected chi connectivity index (χ1v) is 7.74. The van der Waals surface area contributed by atoms with Gasteiger partial charge in [-0.1, -0.05) is 12.1 Å². The lowest BCUT2D eigenvalue weighted by atomic mass is 10.0. The number of carbonyl (C=O) groups excluding carboxylic acids is 1. The molecule has 0 aliphatic carbocycles. The fourth-order valence-corrected chi connectivity index (χ4v) is 2.34. The Bertz CT molecular complexity index is 879. The Morgan fingerprint density at radius 3 is 2.58 bits per heavy atom. The van der Waals surface area contributed by atoms with E-state index in [0.717, 1.165) is 12.1 Å². The summed E-state index contributed by atoms with van der Waals surface area (Å²) >= 11 is 0. The SMILES string of the molecule is CCOC(=O)c1ccc(N)c(C(=N)/C=C/c2ccc(F)c(F)c2)c1OC. The summed E-state index contributed by atoms with van der Waals surface area (Å²) in [6.07, 6.45) is 2.79. The van der Waals surface area contributed by atoms with E-state index in [9.17, 15) is 13.6 Å². The number of ether oxygens (including phenoxy) is 2. The number of halogens is 2. The molecule has 0 atom stereocenters. The van der Waals surface area contributed by atoms with Crippen LogP contribution in [0.2, 0.25) is 0 Å². The number of hydrogen-bond donors (Lipinski definition) is 2. The van der Waals surface area contributed by atoms with E-state index in [0.29, 0.717) is 5.56 Å². The van der Waals surface area contributed by atoms with Crippen LogP contribution in [0.3, 0.4) is 0 Å². The van der Waals surface area contributed by atoms with Gasteiger partial charge in [-0.25, -0.2) is 13.6 Å². The molecule has 5 nitrogen and oxygen atoms in total. The minimum Gasteiger partial charge on any atom is -0.495 e. The number of methoxy groups -OCH3 is 1. The van der Waals surface area contributed by atoms with Gasteiger partial charge in [0.1, 0.15) is 11.3 Å². The zero-order valence-corrected chi connectivity index (χ0v) is 14.3. The number of allylic oxidation sites excluding steroid dienone is 1. The van der Waals surface area contributed by atoms with Gasteiger partial charge in [-0.2, -0.15) is 0 Å². The van der Waals surface area contributed by atoms with Gasteiger partial charge in [0.05, 0.1) is 25.0 Å². The van der Waals surface area contributed by atoms with Crippen LogP contribution in [-0.2, 0) is 4.74 Å². The van der Waals surface area contributed by atoms with Crippen molar-refractivity contribution >= 4 is 23.4 Å². The van der Waals surface area contributed by atoms with Crippen molar-refractivity contribution in [2.75, 3.05) is 19.5 Å². The van der Waals surface area contributed by atoms with Crippen LogP contribution in [0.15, 0.2) is 36.4 Å². The van der Waals surface area contributed by atoms with Gasteiger partial charge in [0.2, 0.25) is 0 Å². The molecule has 3 N–H and O–H groups in total. The van der Waals surface area contributed by atoms with Crippen molar-refractivity contribution < 1.29 is 23.0 Å². The van der Waals surface area contributed by atoms with Crippen molar-refractivity contribution in [2.45, 2.75) is 6.92 Å². The number of hydrogen-bond acceptors (Lipinski definition) is 5. The smallest absolute Gasteiger partial charge is 0.341 e. The zero-order valence-electron chi connectivity index (χ0n) is 14.3. The number of esters is 1. The Kier molecular flexibility index (Phi) is 6.06. The summed E-state index contributed by atoms with van der Waals surface area (Å²) in [5.74, 6) is -2.42. The normalized spacial score (nSPS) is 10.8. The lowest BCUT2D eigenvalue weighted by molar-refractivity contribution is 0.0522. The molecule has 0 bridgehead atoms. The predicted octanol–water partition coefficient (Wildman–Crippen LogP) is 3.81. The molecule has 2 rings (SSSR count). The summed E-state index contributed by atoms with van der Waals surface area (Å²) in [4.78, 5) is 12.1. The Hall–Kier alpha value is -3.22. The first-order chi connectivity index (χ1) is 12.4. The van der Waals surface area contributed by atoms with Crippen LogP contribution in [0.5, 0.6) is 5.75 Å². The average Bonchev–Trinajstić information content (AvgIpc) is 2.62. The predicted molar refractivity (Wildman–Crippen MR) is 95.6 cm³/mol. The van der Waals surface area contributed by atoms with Gasteiger partial charge in [0.15, 0.2) is 11.6 Å². The molecule has 2 aromatic rings. The zero-order chi connectivity index (χ0) is 19.3.